The number of para-hydroxylation sites is 1. The van der Waals surface area contributed by atoms with E-state index in [-0.39, 0.29) is 24.1 Å². The lowest BCUT2D eigenvalue weighted by Gasteiger charge is -2.34. The van der Waals surface area contributed by atoms with Crippen molar-refractivity contribution in [3.8, 4) is 17.2 Å². The third kappa shape index (κ3) is 3.73. The molecule has 1 amide bonds. The summed E-state index contributed by atoms with van der Waals surface area (Å²) < 4.78 is 17.3. The van der Waals surface area contributed by atoms with Crippen LogP contribution in [0.1, 0.15) is 52.5 Å². The predicted octanol–water partition coefficient (Wildman–Crippen LogP) is 4.42. The first-order chi connectivity index (χ1) is 16.4. The first-order valence-electron chi connectivity index (χ1n) is 11.1. The van der Waals surface area contributed by atoms with E-state index in [9.17, 15) is 14.7 Å². The van der Waals surface area contributed by atoms with Crippen LogP contribution in [0.3, 0.4) is 0 Å². The summed E-state index contributed by atoms with van der Waals surface area (Å²) in [6, 6.07) is 19.5. The summed E-state index contributed by atoms with van der Waals surface area (Å²) in [6.45, 7) is 2.11. The van der Waals surface area contributed by atoms with Crippen molar-refractivity contribution in [2.45, 2.75) is 30.9 Å². The molecule has 2 aliphatic rings. The van der Waals surface area contributed by atoms with Crippen LogP contribution in [-0.2, 0) is 10.2 Å². The van der Waals surface area contributed by atoms with Crippen LogP contribution in [0.2, 0.25) is 0 Å². The minimum absolute atomic E-state index is 0.142. The Balaban J connectivity index is 1.44. The van der Waals surface area contributed by atoms with Gasteiger partial charge >= 0.3 is 5.97 Å². The maximum absolute atomic E-state index is 13.6. The second kappa shape index (κ2) is 8.41. The number of methoxy groups -OCH3 is 1. The Hall–Kier alpha value is -4.00. The number of carbonyl (C=O) groups is 2. The lowest BCUT2D eigenvalue weighted by atomic mass is 9.82. The van der Waals surface area contributed by atoms with Crippen molar-refractivity contribution < 1.29 is 28.9 Å². The molecule has 3 atom stereocenters. The number of nitrogens with one attached hydrogen (secondary N) is 1. The van der Waals surface area contributed by atoms with Crippen molar-refractivity contribution in [1.82, 2.24) is 5.32 Å². The van der Waals surface area contributed by atoms with E-state index in [1.54, 1.807) is 31.4 Å². The number of hydrogen-bond donors (Lipinski definition) is 2. The van der Waals surface area contributed by atoms with Crippen LogP contribution in [0.15, 0.2) is 66.7 Å². The molecule has 34 heavy (non-hydrogen) atoms. The minimum atomic E-state index is -0.993. The molecule has 0 fully saturated rings. The predicted molar refractivity (Wildman–Crippen MR) is 125 cm³/mol. The molecule has 0 bridgehead atoms. The number of amides is 1. The van der Waals surface area contributed by atoms with Crippen LogP contribution in [0.5, 0.6) is 17.2 Å². The summed E-state index contributed by atoms with van der Waals surface area (Å²) in [5.41, 5.74) is 1.80. The molecule has 3 aromatic rings. The number of carboxylic acid groups (broad SMARTS) is 1. The third-order valence-electron chi connectivity index (χ3n) is 6.62. The Kier molecular flexibility index (Phi) is 5.40. The van der Waals surface area contributed by atoms with Gasteiger partial charge in [-0.2, -0.15) is 0 Å². The first-order valence-corrected chi connectivity index (χ1v) is 11.1. The van der Waals surface area contributed by atoms with Crippen molar-refractivity contribution in [3.05, 3.63) is 89.0 Å². The Bertz CT molecular complexity index is 1270. The molecule has 0 spiro atoms. The highest BCUT2D eigenvalue weighted by Gasteiger charge is 2.45. The lowest BCUT2D eigenvalue weighted by Crippen LogP contribution is -2.46. The molecule has 7 heteroatoms. The Morgan fingerprint density at radius 2 is 1.88 bits per heavy atom. The van der Waals surface area contributed by atoms with E-state index in [1.165, 1.54) is 0 Å². The van der Waals surface area contributed by atoms with Crippen LogP contribution in [0, 0.1) is 0 Å². The quantitative estimate of drug-likeness (QED) is 0.587. The minimum Gasteiger partial charge on any atom is -0.497 e. The second-order valence-corrected chi connectivity index (χ2v) is 8.82. The van der Waals surface area contributed by atoms with Gasteiger partial charge in [-0.3, -0.25) is 4.79 Å². The van der Waals surface area contributed by atoms with Gasteiger partial charge in [0.25, 0.3) is 0 Å². The number of carboxylic acids is 1. The van der Waals surface area contributed by atoms with Gasteiger partial charge in [0, 0.05) is 23.6 Å². The van der Waals surface area contributed by atoms with Gasteiger partial charge in [0.15, 0.2) is 0 Å². The van der Waals surface area contributed by atoms with Crippen LogP contribution in [0.4, 0.5) is 0 Å². The summed E-state index contributed by atoms with van der Waals surface area (Å²) >= 11 is 0. The highest BCUT2D eigenvalue weighted by atomic mass is 16.5. The number of rotatable bonds is 5. The van der Waals surface area contributed by atoms with E-state index < -0.39 is 17.5 Å². The van der Waals surface area contributed by atoms with Gasteiger partial charge in [0.05, 0.1) is 18.7 Å². The summed E-state index contributed by atoms with van der Waals surface area (Å²) in [5.74, 6) is 0.854. The maximum atomic E-state index is 13.6. The average Bonchev–Trinajstić information content (AvgIpc) is 3.21. The van der Waals surface area contributed by atoms with E-state index >= 15 is 0 Å². The standard InChI is InChI=1S/C27H25NO6/c1-27(15-33-24-13-18(32-2)10-11-20(24)27)26(31)28-21-14-23(34-22-9-4-3-8-19(21)22)16-6-5-7-17(12-16)25(29)30/h3-13,21,23H,14-15H2,1-2H3,(H,28,31)(H,29,30)/t21-,23-,27?/m1/s1. The van der Waals surface area contributed by atoms with Gasteiger partial charge in [-0.15, -0.1) is 0 Å². The van der Waals surface area contributed by atoms with Gasteiger partial charge in [0.2, 0.25) is 5.91 Å². The van der Waals surface area contributed by atoms with Gasteiger partial charge < -0.3 is 24.6 Å². The molecule has 0 saturated carbocycles. The molecule has 174 valence electrons. The third-order valence-corrected chi connectivity index (χ3v) is 6.62. The number of fused-ring (bicyclic) bond motifs is 2. The molecule has 5 rings (SSSR count). The van der Waals surface area contributed by atoms with Crippen molar-refractivity contribution >= 4 is 11.9 Å². The number of aromatic carboxylic acids is 1. The SMILES string of the molecule is COc1ccc2c(c1)OCC2(C)C(=O)N[C@@H]1C[C@H](c2cccc(C(=O)O)c2)Oc2ccccc21. The molecule has 2 aliphatic heterocycles. The summed E-state index contributed by atoms with van der Waals surface area (Å²) in [7, 11) is 1.59. The first kappa shape index (κ1) is 21.8. The van der Waals surface area contributed by atoms with E-state index in [4.69, 9.17) is 14.2 Å². The highest BCUT2D eigenvalue weighted by molar-refractivity contribution is 5.90. The number of benzene rings is 3. The summed E-state index contributed by atoms with van der Waals surface area (Å²) in [4.78, 5) is 25.1. The van der Waals surface area contributed by atoms with Gasteiger partial charge in [0.1, 0.15) is 35.4 Å². The molecule has 0 aliphatic carbocycles. The zero-order chi connectivity index (χ0) is 23.9. The fourth-order valence-electron chi connectivity index (χ4n) is 4.64. The smallest absolute Gasteiger partial charge is 0.335 e. The maximum Gasteiger partial charge on any atom is 0.335 e. The Labute approximate surface area is 197 Å². The Morgan fingerprint density at radius 3 is 2.68 bits per heavy atom. The van der Waals surface area contributed by atoms with Crippen LogP contribution >= 0.6 is 0 Å². The number of ether oxygens (including phenoxy) is 3. The summed E-state index contributed by atoms with van der Waals surface area (Å²) in [5, 5.41) is 12.6. The highest BCUT2D eigenvalue weighted by Crippen LogP contribution is 2.44. The number of carbonyl (C=O) groups excluding carboxylic acids is 1. The van der Waals surface area contributed by atoms with E-state index in [1.807, 2.05) is 49.4 Å². The van der Waals surface area contributed by atoms with Crippen molar-refractivity contribution in [2.24, 2.45) is 0 Å². The monoisotopic (exact) mass is 459 g/mol. The van der Waals surface area contributed by atoms with Crippen LogP contribution in [-0.4, -0.2) is 30.7 Å². The molecule has 2 N–H and O–H groups in total. The van der Waals surface area contributed by atoms with Crippen LogP contribution < -0.4 is 19.5 Å². The molecule has 0 radical (unpaired) electrons. The zero-order valence-corrected chi connectivity index (χ0v) is 18.9. The fourth-order valence-corrected chi connectivity index (χ4v) is 4.64. The van der Waals surface area contributed by atoms with Gasteiger partial charge in [-0.25, -0.2) is 4.79 Å². The average molecular weight is 459 g/mol. The van der Waals surface area contributed by atoms with E-state index in [2.05, 4.69) is 5.32 Å². The van der Waals surface area contributed by atoms with Crippen molar-refractivity contribution in [3.63, 3.8) is 0 Å². The topological polar surface area (TPSA) is 94.1 Å². The van der Waals surface area contributed by atoms with Crippen molar-refractivity contribution in [2.75, 3.05) is 13.7 Å². The number of hydrogen-bond acceptors (Lipinski definition) is 5. The normalized spacial score (nSPS) is 22.5. The molecule has 0 saturated heterocycles. The van der Waals surface area contributed by atoms with Crippen LogP contribution in [0.25, 0.3) is 0 Å². The van der Waals surface area contributed by atoms with E-state index in [0.29, 0.717) is 23.7 Å². The zero-order valence-electron chi connectivity index (χ0n) is 18.9. The van der Waals surface area contributed by atoms with Gasteiger partial charge in [-0.05, 0) is 36.8 Å². The summed E-state index contributed by atoms with van der Waals surface area (Å²) in [6.07, 6.45) is 0.0711. The van der Waals surface area contributed by atoms with E-state index in [0.717, 1.165) is 16.7 Å². The molecular weight excluding hydrogens is 434 g/mol. The van der Waals surface area contributed by atoms with Crippen molar-refractivity contribution in [1.29, 1.82) is 0 Å². The largest absolute Gasteiger partial charge is 0.497 e. The lowest BCUT2D eigenvalue weighted by molar-refractivity contribution is -0.127. The molecule has 0 aromatic heterocycles. The molecule has 2 heterocycles. The molecule has 1 unspecified atom stereocenters. The Morgan fingerprint density at radius 1 is 1.06 bits per heavy atom. The molecule has 7 nitrogen and oxygen atoms in total. The molecular formula is C27H25NO6. The fraction of sp³-hybridized carbons (Fsp3) is 0.259. The second-order valence-electron chi connectivity index (χ2n) is 8.82. The molecule has 3 aromatic carbocycles. The van der Waals surface area contributed by atoms with Gasteiger partial charge in [-0.1, -0.05) is 36.4 Å².